The van der Waals surface area contributed by atoms with Crippen LogP contribution in [0.5, 0.6) is 5.75 Å². The molecule has 1 heterocycles. The first-order valence-corrected chi connectivity index (χ1v) is 7.61. The molecule has 1 aliphatic rings. The average Bonchev–Trinajstić information content (AvgIpc) is 2.47. The van der Waals surface area contributed by atoms with Crippen LogP contribution in [0.1, 0.15) is 39.2 Å². The summed E-state index contributed by atoms with van der Waals surface area (Å²) in [6.45, 7) is 7.45. The van der Waals surface area contributed by atoms with E-state index >= 15 is 0 Å². The van der Waals surface area contributed by atoms with Crippen molar-refractivity contribution < 1.29 is 9.53 Å². The van der Waals surface area contributed by atoms with Gasteiger partial charge in [-0.25, -0.2) is 0 Å². The molecule has 3 heteroatoms. The highest BCUT2D eigenvalue weighted by atomic mass is 16.5. The van der Waals surface area contributed by atoms with Gasteiger partial charge in [0.2, 0.25) is 0 Å². The van der Waals surface area contributed by atoms with Crippen LogP contribution in [-0.4, -0.2) is 30.0 Å². The molecule has 0 aliphatic carbocycles. The Morgan fingerprint density at radius 3 is 2.60 bits per heavy atom. The molecule has 1 aliphatic heterocycles. The Morgan fingerprint density at radius 1 is 1.25 bits per heavy atom. The molecule has 0 radical (unpaired) electrons. The summed E-state index contributed by atoms with van der Waals surface area (Å²) < 4.78 is 5.61. The molecule has 110 valence electrons. The predicted molar refractivity (Wildman–Crippen MR) is 80.9 cm³/mol. The first-order chi connectivity index (χ1) is 9.60. The van der Waals surface area contributed by atoms with Crippen LogP contribution >= 0.6 is 0 Å². The average molecular weight is 275 g/mol. The lowest BCUT2D eigenvalue weighted by Gasteiger charge is -2.36. The first kappa shape index (κ1) is 14.9. The molecular formula is C17H25NO2. The smallest absolute Gasteiger partial charge is 0.260 e. The van der Waals surface area contributed by atoms with E-state index in [2.05, 4.69) is 20.8 Å². The maximum Gasteiger partial charge on any atom is 0.260 e. The Labute approximate surface area is 121 Å². The van der Waals surface area contributed by atoms with E-state index in [1.165, 1.54) is 12.0 Å². The van der Waals surface area contributed by atoms with Gasteiger partial charge in [-0.15, -0.1) is 0 Å². The Morgan fingerprint density at radius 2 is 1.95 bits per heavy atom. The fraction of sp³-hybridized carbons (Fsp3) is 0.588. The van der Waals surface area contributed by atoms with Gasteiger partial charge in [-0.1, -0.05) is 26.0 Å². The van der Waals surface area contributed by atoms with Crippen molar-refractivity contribution in [2.75, 3.05) is 13.2 Å². The number of ether oxygens (including phenoxy) is 1. The zero-order chi connectivity index (χ0) is 14.5. The molecule has 1 saturated heterocycles. The molecule has 1 amide bonds. The van der Waals surface area contributed by atoms with Crippen molar-refractivity contribution >= 4 is 5.91 Å². The highest BCUT2D eigenvalue weighted by Gasteiger charge is 2.26. The first-order valence-electron chi connectivity index (χ1n) is 7.61. The van der Waals surface area contributed by atoms with Crippen LogP contribution < -0.4 is 4.74 Å². The number of benzene rings is 1. The monoisotopic (exact) mass is 275 g/mol. The molecule has 0 aromatic heterocycles. The van der Waals surface area contributed by atoms with E-state index in [4.69, 9.17) is 4.74 Å². The molecule has 1 aromatic carbocycles. The quantitative estimate of drug-likeness (QED) is 0.844. The van der Waals surface area contributed by atoms with Gasteiger partial charge in [-0.05, 0) is 49.8 Å². The Hall–Kier alpha value is -1.51. The highest BCUT2D eigenvalue weighted by Crippen LogP contribution is 2.21. The van der Waals surface area contributed by atoms with Gasteiger partial charge in [0.1, 0.15) is 5.75 Å². The summed E-state index contributed by atoms with van der Waals surface area (Å²) in [6, 6.07) is 8.31. The van der Waals surface area contributed by atoms with Crippen LogP contribution in [0.25, 0.3) is 0 Å². The minimum Gasteiger partial charge on any atom is -0.484 e. The number of carbonyl (C=O) groups is 1. The normalized spacial score (nSPS) is 22.6. The van der Waals surface area contributed by atoms with Crippen LogP contribution in [0.4, 0.5) is 0 Å². The lowest BCUT2D eigenvalue weighted by molar-refractivity contribution is -0.137. The SMILES string of the molecule is CCc1ccc(OCC(=O)N2CC(C)CCC2C)cc1. The van der Waals surface area contributed by atoms with Crippen molar-refractivity contribution in [3.8, 4) is 5.75 Å². The maximum absolute atomic E-state index is 12.3. The van der Waals surface area contributed by atoms with Crippen molar-refractivity contribution in [3.63, 3.8) is 0 Å². The number of nitrogens with zero attached hydrogens (tertiary/aromatic N) is 1. The van der Waals surface area contributed by atoms with Crippen molar-refractivity contribution in [3.05, 3.63) is 29.8 Å². The molecule has 0 N–H and O–H groups in total. The second-order valence-corrected chi connectivity index (χ2v) is 5.86. The Bertz CT molecular complexity index is 441. The van der Waals surface area contributed by atoms with Crippen molar-refractivity contribution in [1.29, 1.82) is 0 Å². The summed E-state index contributed by atoms with van der Waals surface area (Å²) in [4.78, 5) is 14.2. The topological polar surface area (TPSA) is 29.5 Å². The summed E-state index contributed by atoms with van der Waals surface area (Å²) in [5.74, 6) is 1.47. The van der Waals surface area contributed by atoms with Crippen LogP contribution in [0.15, 0.2) is 24.3 Å². The zero-order valence-electron chi connectivity index (χ0n) is 12.8. The molecule has 2 atom stereocenters. The molecule has 1 fully saturated rings. The summed E-state index contributed by atoms with van der Waals surface area (Å²) in [6.07, 6.45) is 3.32. The number of hydrogen-bond acceptors (Lipinski definition) is 2. The summed E-state index contributed by atoms with van der Waals surface area (Å²) in [5.41, 5.74) is 1.28. The molecule has 1 aromatic rings. The highest BCUT2D eigenvalue weighted by molar-refractivity contribution is 5.78. The number of rotatable bonds is 4. The van der Waals surface area contributed by atoms with Gasteiger partial charge in [0, 0.05) is 12.6 Å². The summed E-state index contributed by atoms with van der Waals surface area (Å²) in [7, 11) is 0. The van der Waals surface area contributed by atoms with Crippen LogP contribution in [-0.2, 0) is 11.2 Å². The fourth-order valence-electron chi connectivity index (χ4n) is 2.69. The van der Waals surface area contributed by atoms with Gasteiger partial charge in [-0.2, -0.15) is 0 Å². The number of amides is 1. The van der Waals surface area contributed by atoms with Gasteiger partial charge in [0.15, 0.2) is 6.61 Å². The van der Waals surface area contributed by atoms with Crippen molar-refractivity contribution in [2.24, 2.45) is 5.92 Å². The molecule has 0 saturated carbocycles. The third-order valence-electron chi connectivity index (χ3n) is 4.13. The second kappa shape index (κ2) is 6.78. The van der Waals surface area contributed by atoms with E-state index in [9.17, 15) is 4.79 Å². The number of likely N-dealkylation sites (tertiary alicyclic amines) is 1. The summed E-state index contributed by atoms with van der Waals surface area (Å²) in [5, 5.41) is 0. The minimum atomic E-state index is 0.101. The van der Waals surface area contributed by atoms with E-state index in [-0.39, 0.29) is 12.5 Å². The molecular weight excluding hydrogens is 250 g/mol. The molecule has 3 nitrogen and oxygen atoms in total. The van der Waals surface area contributed by atoms with Gasteiger partial charge in [-0.3, -0.25) is 4.79 Å². The number of hydrogen-bond donors (Lipinski definition) is 0. The summed E-state index contributed by atoms with van der Waals surface area (Å²) >= 11 is 0. The third-order valence-corrected chi connectivity index (χ3v) is 4.13. The zero-order valence-corrected chi connectivity index (χ0v) is 12.8. The number of piperidine rings is 1. The molecule has 20 heavy (non-hydrogen) atoms. The molecule has 0 bridgehead atoms. The van der Waals surface area contributed by atoms with Gasteiger partial charge in [0.25, 0.3) is 5.91 Å². The lowest BCUT2D eigenvalue weighted by atomic mass is 9.95. The van der Waals surface area contributed by atoms with Crippen molar-refractivity contribution in [2.45, 2.75) is 46.1 Å². The number of carbonyl (C=O) groups excluding carboxylic acids is 1. The standard InChI is InChI=1S/C17H25NO2/c1-4-15-7-9-16(10-8-15)20-12-17(19)18-11-13(2)5-6-14(18)3/h7-10,13-14H,4-6,11-12H2,1-3H3. The van der Waals surface area contributed by atoms with Crippen LogP contribution in [0.3, 0.4) is 0 Å². The molecule has 0 spiro atoms. The van der Waals surface area contributed by atoms with E-state index in [1.54, 1.807) is 0 Å². The van der Waals surface area contributed by atoms with E-state index in [0.29, 0.717) is 12.0 Å². The van der Waals surface area contributed by atoms with E-state index in [0.717, 1.165) is 25.1 Å². The molecule has 2 unspecified atom stereocenters. The Balaban J connectivity index is 1.87. The minimum absolute atomic E-state index is 0.101. The van der Waals surface area contributed by atoms with Gasteiger partial charge < -0.3 is 9.64 Å². The largest absolute Gasteiger partial charge is 0.484 e. The number of aryl methyl sites for hydroxylation is 1. The Kier molecular flexibility index (Phi) is 5.05. The lowest BCUT2D eigenvalue weighted by Crippen LogP contribution is -2.46. The van der Waals surface area contributed by atoms with E-state index in [1.807, 2.05) is 29.2 Å². The van der Waals surface area contributed by atoms with Gasteiger partial charge >= 0.3 is 0 Å². The van der Waals surface area contributed by atoms with Crippen molar-refractivity contribution in [1.82, 2.24) is 4.90 Å². The van der Waals surface area contributed by atoms with E-state index < -0.39 is 0 Å². The van der Waals surface area contributed by atoms with Crippen LogP contribution in [0.2, 0.25) is 0 Å². The third kappa shape index (κ3) is 3.75. The van der Waals surface area contributed by atoms with Gasteiger partial charge in [0.05, 0.1) is 0 Å². The fourth-order valence-corrected chi connectivity index (χ4v) is 2.69. The second-order valence-electron chi connectivity index (χ2n) is 5.86. The van der Waals surface area contributed by atoms with Crippen LogP contribution in [0, 0.1) is 5.92 Å². The maximum atomic E-state index is 12.3. The molecule has 2 rings (SSSR count). The predicted octanol–water partition coefficient (Wildman–Crippen LogP) is 3.27.